The molecule has 96 valence electrons. The van der Waals surface area contributed by atoms with E-state index in [1.165, 1.54) is 23.3 Å². The average molecular weight is 253 g/mol. The lowest BCUT2D eigenvalue weighted by Crippen LogP contribution is -2.36. The van der Waals surface area contributed by atoms with E-state index in [4.69, 9.17) is 0 Å². The average Bonchev–Trinajstić information content (AvgIpc) is 2.70. The van der Waals surface area contributed by atoms with Crippen LogP contribution in [0.3, 0.4) is 0 Å². The SMILES string of the molecule is CCCCC(C)N(C)C(=O)Cc1ccsc1C. The van der Waals surface area contributed by atoms with E-state index in [1.807, 2.05) is 11.9 Å². The maximum absolute atomic E-state index is 12.1. The Labute approximate surface area is 109 Å². The standard InChI is InChI=1S/C14H23NOS/c1-5-6-7-11(2)15(4)14(16)10-13-8-9-17-12(13)3/h8-9,11H,5-7,10H2,1-4H3. The van der Waals surface area contributed by atoms with Crippen LogP contribution < -0.4 is 0 Å². The highest BCUT2D eigenvalue weighted by atomic mass is 32.1. The van der Waals surface area contributed by atoms with Crippen LogP contribution in [0.1, 0.15) is 43.6 Å². The predicted octanol–water partition coefficient (Wildman–Crippen LogP) is 3.64. The summed E-state index contributed by atoms with van der Waals surface area (Å²) in [6.45, 7) is 6.39. The Morgan fingerprint density at radius 1 is 1.53 bits per heavy atom. The van der Waals surface area contributed by atoms with Crippen LogP contribution in [-0.2, 0) is 11.2 Å². The van der Waals surface area contributed by atoms with Crippen molar-refractivity contribution in [3.8, 4) is 0 Å². The van der Waals surface area contributed by atoms with Gasteiger partial charge in [0, 0.05) is 18.0 Å². The number of likely N-dealkylation sites (N-methyl/N-ethyl adjacent to an activating group) is 1. The normalized spacial score (nSPS) is 12.5. The molecule has 0 aliphatic carbocycles. The third-order valence-corrected chi connectivity index (χ3v) is 4.23. The summed E-state index contributed by atoms with van der Waals surface area (Å²) in [5, 5.41) is 2.05. The van der Waals surface area contributed by atoms with Gasteiger partial charge in [0.05, 0.1) is 6.42 Å². The van der Waals surface area contributed by atoms with Crippen molar-refractivity contribution in [3.05, 3.63) is 21.9 Å². The number of nitrogens with zero attached hydrogens (tertiary/aromatic N) is 1. The number of rotatable bonds is 6. The van der Waals surface area contributed by atoms with Crippen molar-refractivity contribution in [2.75, 3.05) is 7.05 Å². The van der Waals surface area contributed by atoms with Gasteiger partial charge >= 0.3 is 0 Å². The minimum absolute atomic E-state index is 0.232. The number of hydrogen-bond acceptors (Lipinski definition) is 2. The highest BCUT2D eigenvalue weighted by Crippen LogP contribution is 2.17. The largest absolute Gasteiger partial charge is 0.343 e. The molecule has 0 saturated carbocycles. The van der Waals surface area contributed by atoms with Gasteiger partial charge in [0.15, 0.2) is 0 Å². The molecule has 0 spiro atoms. The van der Waals surface area contributed by atoms with Crippen LogP contribution in [-0.4, -0.2) is 23.9 Å². The van der Waals surface area contributed by atoms with Gasteiger partial charge in [-0.1, -0.05) is 19.8 Å². The van der Waals surface area contributed by atoms with Crippen molar-refractivity contribution in [3.63, 3.8) is 0 Å². The van der Waals surface area contributed by atoms with E-state index < -0.39 is 0 Å². The second-order valence-corrected chi connectivity index (χ2v) is 5.79. The topological polar surface area (TPSA) is 20.3 Å². The molecule has 0 aromatic carbocycles. The van der Waals surface area contributed by atoms with Crippen LogP contribution in [0, 0.1) is 6.92 Å². The van der Waals surface area contributed by atoms with Gasteiger partial charge in [-0.25, -0.2) is 0 Å². The van der Waals surface area contributed by atoms with Gasteiger partial charge in [-0.15, -0.1) is 11.3 Å². The van der Waals surface area contributed by atoms with Crippen molar-refractivity contribution < 1.29 is 4.79 Å². The summed E-state index contributed by atoms with van der Waals surface area (Å²) in [7, 11) is 1.92. The summed E-state index contributed by atoms with van der Waals surface area (Å²) in [6, 6.07) is 2.41. The molecule has 1 rings (SSSR count). The molecule has 0 bridgehead atoms. The summed E-state index contributed by atoms with van der Waals surface area (Å²) in [6.07, 6.45) is 4.02. The zero-order chi connectivity index (χ0) is 12.8. The second kappa shape index (κ2) is 6.80. The molecule has 1 heterocycles. The minimum atomic E-state index is 0.232. The molecule has 0 aliphatic heterocycles. The molecule has 0 fully saturated rings. The number of carbonyl (C=O) groups is 1. The van der Waals surface area contributed by atoms with Gasteiger partial charge in [-0.05, 0) is 37.3 Å². The van der Waals surface area contributed by atoms with Crippen molar-refractivity contribution >= 4 is 17.2 Å². The quantitative estimate of drug-likeness (QED) is 0.758. The molecule has 1 unspecified atom stereocenters. The van der Waals surface area contributed by atoms with Gasteiger partial charge < -0.3 is 4.90 Å². The van der Waals surface area contributed by atoms with Crippen LogP contribution in [0.4, 0.5) is 0 Å². The lowest BCUT2D eigenvalue weighted by molar-refractivity contribution is -0.131. The van der Waals surface area contributed by atoms with Gasteiger partial charge in [-0.2, -0.15) is 0 Å². The van der Waals surface area contributed by atoms with Gasteiger partial charge in [0.1, 0.15) is 0 Å². The molecule has 0 saturated heterocycles. The lowest BCUT2D eigenvalue weighted by Gasteiger charge is -2.25. The Morgan fingerprint density at radius 2 is 2.24 bits per heavy atom. The molecule has 1 amide bonds. The Balaban J connectivity index is 2.49. The number of carbonyl (C=O) groups excluding carboxylic acids is 1. The molecule has 3 heteroatoms. The summed E-state index contributed by atoms with van der Waals surface area (Å²) in [4.78, 5) is 15.3. The molecular formula is C14H23NOS. The highest BCUT2D eigenvalue weighted by Gasteiger charge is 2.16. The summed E-state index contributed by atoms with van der Waals surface area (Å²) in [5.74, 6) is 0.232. The van der Waals surface area contributed by atoms with E-state index >= 15 is 0 Å². The Hall–Kier alpha value is -0.830. The molecule has 0 aliphatic rings. The van der Waals surface area contributed by atoms with E-state index in [0.717, 1.165) is 6.42 Å². The van der Waals surface area contributed by atoms with Gasteiger partial charge in [0.25, 0.3) is 0 Å². The summed E-state index contributed by atoms with van der Waals surface area (Å²) < 4.78 is 0. The fourth-order valence-corrected chi connectivity index (χ4v) is 2.55. The molecule has 2 nitrogen and oxygen atoms in total. The van der Waals surface area contributed by atoms with E-state index in [-0.39, 0.29) is 5.91 Å². The zero-order valence-corrected chi connectivity index (χ0v) is 12.1. The van der Waals surface area contributed by atoms with Crippen molar-refractivity contribution in [2.45, 2.75) is 52.5 Å². The maximum atomic E-state index is 12.1. The zero-order valence-electron chi connectivity index (χ0n) is 11.3. The molecule has 1 aromatic heterocycles. The first-order valence-corrected chi connectivity index (χ1v) is 7.22. The third kappa shape index (κ3) is 4.15. The first-order chi connectivity index (χ1) is 8.06. The molecule has 0 radical (unpaired) electrons. The Kier molecular flexibility index (Phi) is 5.69. The first-order valence-electron chi connectivity index (χ1n) is 6.34. The van der Waals surface area contributed by atoms with Crippen molar-refractivity contribution in [1.82, 2.24) is 4.90 Å². The van der Waals surface area contributed by atoms with E-state index in [9.17, 15) is 4.79 Å². The minimum Gasteiger partial charge on any atom is -0.343 e. The van der Waals surface area contributed by atoms with E-state index in [0.29, 0.717) is 12.5 Å². The second-order valence-electron chi connectivity index (χ2n) is 4.67. The van der Waals surface area contributed by atoms with Crippen molar-refractivity contribution in [1.29, 1.82) is 0 Å². The number of unbranched alkanes of at least 4 members (excludes halogenated alkanes) is 1. The predicted molar refractivity (Wildman–Crippen MR) is 74.5 cm³/mol. The van der Waals surface area contributed by atoms with E-state index in [1.54, 1.807) is 11.3 Å². The fraction of sp³-hybridized carbons (Fsp3) is 0.643. The maximum Gasteiger partial charge on any atom is 0.227 e. The third-order valence-electron chi connectivity index (χ3n) is 3.34. The molecule has 1 atom stereocenters. The van der Waals surface area contributed by atoms with Crippen LogP contribution in [0.5, 0.6) is 0 Å². The number of thiophene rings is 1. The van der Waals surface area contributed by atoms with Crippen molar-refractivity contribution in [2.24, 2.45) is 0 Å². The van der Waals surface area contributed by atoms with Gasteiger partial charge in [-0.3, -0.25) is 4.79 Å². The van der Waals surface area contributed by atoms with Crippen LogP contribution in [0.15, 0.2) is 11.4 Å². The number of hydrogen-bond donors (Lipinski definition) is 0. The van der Waals surface area contributed by atoms with Crippen LogP contribution >= 0.6 is 11.3 Å². The van der Waals surface area contributed by atoms with Crippen LogP contribution in [0.2, 0.25) is 0 Å². The molecular weight excluding hydrogens is 230 g/mol. The fourth-order valence-electron chi connectivity index (χ4n) is 1.82. The summed E-state index contributed by atoms with van der Waals surface area (Å²) in [5.41, 5.74) is 1.18. The Morgan fingerprint density at radius 3 is 2.76 bits per heavy atom. The monoisotopic (exact) mass is 253 g/mol. The molecule has 17 heavy (non-hydrogen) atoms. The smallest absolute Gasteiger partial charge is 0.227 e. The Bertz CT molecular complexity index is 359. The van der Waals surface area contributed by atoms with Gasteiger partial charge in [0.2, 0.25) is 5.91 Å². The number of aryl methyl sites for hydroxylation is 1. The first kappa shape index (κ1) is 14.2. The van der Waals surface area contributed by atoms with Crippen LogP contribution in [0.25, 0.3) is 0 Å². The highest BCUT2D eigenvalue weighted by molar-refractivity contribution is 7.10. The molecule has 0 N–H and O–H groups in total. The van der Waals surface area contributed by atoms with E-state index in [2.05, 4.69) is 32.2 Å². The number of amides is 1. The lowest BCUT2D eigenvalue weighted by atomic mass is 10.1. The molecule has 1 aromatic rings. The summed E-state index contributed by atoms with van der Waals surface area (Å²) >= 11 is 1.71.